The number of nitrogens with one attached hydrogen (secondary N) is 1. The van der Waals surface area contributed by atoms with Crippen LogP contribution in [0.5, 0.6) is 0 Å². The molecule has 1 heterocycles. The molecule has 0 aliphatic rings. The van der Waals surface area contributed by atoms with Crippen LogP contribution in [-0.4, -0.2) is 16.8 Å². The van der Waals surface area contributed by atoms with Gasteiger partial charge >= 0.3 is 0 Å². The molecule has 0 fully saturated rings. The van der Waals surface area contributed by atoms with E-state index in [-0.39, 0.29) is 11.9 Å². The smallest absolute Gasteiger partial charge is 0.123 e. The van der Waals surface area contributed by atoms with Crippen molar-refractivity contribution in [2.24, 2.45) is 7.05 Å². The lowest BCUT2D eigenvalue weighted by Gasteiger charge is -2.19. The molecule has 0 spiro atoms. The molecule has 102 valence electrons. The second kappa shape index (κ2) is 5.53. The average molecular weight is 261 g/mol. The lowest BCUT2D eigenvalue weighted by atomic mass is 9.98. The number of nitrogens with zero attached hydrogens (tertiary/aromatic N) is 2. The lowest BCUT2D eigenvalue weighted by Crippen LogP contribution is -2.21. The third-order valence-corrected chi connectivity index (χ3v) is 3.46. The first-order chi connectivity index (χ1) is 9.06. The van der Waals surface area contributed by atoms with Crippen molar-refractivity contribution >= 4 is 0 Å². The molecule has 0 aliphatic carbocycles. The van der Waals surface area contributed by atoms with Crippen molar-refractivity contribution in [3.8, 4) is 0 Å². The Bertz CT molecular complexity index is 575. The van der Waals surface area contributed by atoms with E-state index in [0.717, 1.165) is 28.9 Å². The van der Waals surface area contributed by atoms with Crippen molar-refractivity contribution in [1.82, 2.24) is 15.1 Å². The summed E-state index contributed by atoms with van der Waals surface area (Å²) in [6.07, 6.45) is 0.909. The lowest BCUT2D eigenvalue weighted by molar-refractivity contribution is 0.594. The van der Waals surface area contributed by atoms with Gasteiger partial charge in [0.25, 0.3) is 0 Å². The monoisotopic (exact) mass is 261 g/mol. The van der Waals surface area contributed by atoms with E-state index >= 15 is 0 Å². The fourth-order valence-corrected chi connectivity index (χ4v) is 2.41. The van der Waals surface area contributed by atoms with E-state index in [1.807, 2.05) is 31.8 Å². The molecule has 3 nitrogen and oxygen atoms in total. The average Bonchev–Trinajstić information content (AvgIpc) is 2.74. The van der Waals surface area contributed by atoms with Crippen LogP contribution in [-0.2, 0) is 13.5 Å². The van der Waals surface area contributed by atoms with E-state index in [0.29, 0.717) is 0 Å². The molecule has 2 aromatic rings. The summed E-state index contributed by atoms with van der Waals surface area (Å²) in [4.78, 5) is 0. The van der Waals surface area contributed by atoms with Gasteiger partial charge < -0.3 is 5.32 Å². The van der Waals surface area contributed by atoms with Crippen LogP contribution in [0.25, 0.3) is 0 Å². The highest BCUT2D eigenvalue weighted by atomic mass is 19.1. The number of benzene rings is 1. The maximum Gasteiger partial charge on any atom is 0.123 e. The SMILES string of the molecule is CCc1cc(C(NC)c2ccc(F)cc2C)n(C)n1. The van der Waals surface area contributed by atoms with Gasteiger partial charge in [-0.15, -0.1) is 0 Å². The highest BCUT2D eigenvalue weighted by Crippen LogP contribution is 2.25. The molecule has 2 rings (SSSR count). The molecule has 0 saturated heterocycles. The van der Waals surface area contributed by atoms with Crippen LogP contribution in [0.4, 0.5) is 4.39 Å². The summed E-state index contributed by atoms with van der Waals surface area (Å²) in [5.41, 5.74) is 4.18. The molecule has 0 amide bonds. The minimum Gasteiger partial charge on any atom is -0.308 e. The summed E-state index contributed by atoms with van der Waals surface area (Å²) in [5, 5.41) is 7.76. The minimum atomic E-state index is -0.199. The van der Waals surface area contributed by atoms with Crippen LogP contribution in [0.15, 0.2) is 24.3 Å². The number of aryl methyl sites for hydroxylation is 3. The van der Waals surface area contributed by atoms with Crippen LogP contribution < -0.4 is 5.32 Å². The summed E-state index contributed by atoms with van der Waals surface area (Å²) in [6.45, 7) is 4.02. The van der Waals surface area contributed by atoms with E-state index < -0.39 is 0 Å². The van der Waals surface area contributed by atoms with Crippen molar-refractivity contribution < 1.29 is 4.39 Å². The molecular weight excluding hydrogens is 241 g/mol. The molecule has 1 N–H and O–H groups in total. The van der Waals surface area contributed by atoms with Gasteiger partial charge in [-0.3, -0.25) is 4.68 Å². The van der Waals surface area contributed by atoms with Crippen LogP contribution in [0.2, 0.25) is 0 Å². The minimum absolute atomic E-state index is 0.0263. The van der Waals surface area contributed by atoms with Gasteiger partial charge in [0, 0.05) is 7.05 Å². The molecule has 4 heteroatoms. The topological polar surface area (TPSA) is 29.9 Å². The Morgan fingerprint density at radius 3 is 2.63 bits per heavy atom. The van der Waals surface area contributed by atoms with Crippen LogP contribution in [0.3, 0.4) is 0 Å². The van der Waals surface area contributed by atoms with E-state index in [1.165, 1.54) is 6.07 Å². The first-order valence-corrected chi connectivity index (χ1v) is 6.53. The number of rotatable bonds is 4. The maximum absolute atomic E-state index is 13.2. The molecule has 19 heavy (non-hydrogen) atoms. The van der Waals surface area contributed by atoms with Crippen LogP contribution in [0, 0.1) is 12.7 Å². The Hall–Kier alpha value is -1.68. The van der Waals surface area contributed by atoms with Gasteiger partial charge in [-0.25, -0.2) is 4.39 Å². The highest BCUT2D eigenvalue weighted by Gasteiger charge is 2.18. The maximum atomic E-state index is 13.2. The summed E-state index contributed by atoms with van der Waals surface area (Å²) < 4.78 is 15.1. The van der Waals surface area contributed by atoms with E-state index in [2.05, 4.69) is 23.4 Å². The fourth-order valence-electron chi connectivity index (χ4n) is 2.41. The quantitative estimate of drug-likeness (QED) is 0.917. The standard InChI is InChI=1S/C15H20FN3/c1-5-12-9-14(19(4)18-12)15(17-3)13-7-6-11(16)8-10(13)2/h6-9,15,17H,5H2,1-4H3. The van der Waals surface area contributed by atoms with Crippen LogP contribution in [0.1, 0.15) is 35.5 Å². The predicted molar refractivity (Wildman–Crippen MR) is 74.6 cm³/mol. The summed E-state index contributed by atoms with van der Waals surface area (Å²) in [7, 11) is 3.85. The second-order valence-electron chi connectivity index (χ2n) is 4.76. The number of halogens is 1. The second-order valence-corrected chi connectivity index (χ2v) is 4.76. The Labute approximate surface area is 113 Å². The normalized spacial score (nSPS) is 12.7. The highest BCUT2D eigenvalue weighted by molar-refractivity contribution is 5.35. The molecule has 0 saturated carbocycles. The summed E-state index contributed by atoms with van der Waals surface area (Å²) >= 11 is 0. The van der Waals surface area contributed by atoms with Crippen molar-refractivity contribution in [2.45, 2.75) is 26.3 Å². The first kappa shape index (κ1) is 13.7. The largest absolute Gasteiger partial charge is 0.308 e. The molecular formula is C15H20FN3. The Morgan fingerprint density at radius 1 is 1.37 bits per heavy atom. The van der Waals surface area contributed by atoms with Gasteiger partial charge in [-0.2, -0.15) is 5.10 Å². The zero-order chi connectivity index (χ0) is 14.0. The van der Waals surface area contributed by atoms with E-state index in [9.17, 15) is 4.39 Å². The Balaban J connectivity index is 2.46. The number of hydrogen-bond donors (Lipinski definition) is 1. The number of hydrogen-bond acceptors (Lipinski definition) is 2. The Kier molecular flexibility index (Phi) is 4.00. The summed E-state index contributed by atoms with van der Waals surface area (Å²) in [5.74, 6) is -0.199. The third-order valence-electron chi connectivity index (χ3n) is 3.46. The van der Waals surface area contributed by atoms with Crippen molar-refractivity contribution in [2.75, 3.05) is 7.05 Å². The van der Waals surface area contributed by atoms with Crippen molar-refractivity contribution in [1.29, 1.82) is 0 Å². The van der Waals surface area contributed by atoms with E-state index in [4.69, 9.17) is 0 Å². The molecule has 0 radical (unpaired) electrons. The zero-order valence-electron chi connectivity index (χ0n) is 11.9. The molecule has 1 atom stereocenters. The van der Waals surface area contributed by atoms with Gasteiger partial charge in [0.1, 0.15) is 5.82 Å². The van der Waals surface area contributed by atoms with Gasteiger partial charge in [0.2, 0.25) is 0 Å². The van der Waals surface area contributed by atoms with Gasteiger partial charge in [0.15, 0.2) is 0 Å². The van der Waals surface area contributed by atoms with Crippen molar-refractivity contribution in [3.05, 3.63) is 52.6 Å². The zero-order valence-corrected chi connectivity index (χ0v) is 11.9. The summed E-state index contributed by atoms with van der Waals surface area (Å²) in [6, 6.07) is 7.04. The molecule has 0 bridgehead atoms. The predicted octanol–water partition coefficient (Wildman–Crippen LogP) is 2.74. The first-order valence-electron chi connectivity index (χ1n) is 6.53. The molecule has 1 aromatic heterocycles. The van der Waals surface area contributed by atoms with Gasteiger partial charge in [-0.1, -0.05) is 13.0 Å². The van der Waals surface area contributed by atoms with E-state index in [1.54, 1.807) is 6.07 Å². The fraction of sp³-hybridized carbons (Fsp3) is 0.400. The van der Waals surface area contributed by atoms with Crippen molar-refractivity contribution in [3.63, 3.8) is 0 Å². The third kappa shape index (κ3) is 2.68. The molecule has 1 unspecified atom stereocenters. The number of aromatic nitrogens is 2. The molecule has 1 aromatic carbocycles. The van der Waals surface area contributed by atoms with Gasteiger partial charge in [0.05, 0.1) is 17.4 Å². The molecule has 0 aliphatic heterocycles. The van der Waals surface area contributed by atoms with Crippen LogP contribution >= 0.6 is 0 Å². The Morgan fingerprint density at radius 2 is 2.11 bits per heavy atom. The van der Waals surface area contributed by atoms with Gasteiger partial charge in [-0.05, 0) is 49.7 Å².